The van der Waals surface area contributed by atoms with E-state index in [0.29, 0.717) is 5.89 Å². The van der Waals surface area contributed by atoms with Crippen LogP contribution in [0.2, 0.25) is 0 Å². The number of benzene rings is 1. The highest BCUT2D eigenvalue weighted by Gasteiger charge is 2.25. The van der Waals surface area contributed by atoms with Crippen molar-refractivity contribution in [2.75, 3.05) is 44.7 Å². The quantitative estimate of drug-likeness (QED) is 0.879. The minimum atomic E-state index is 0.177. The largest absolute Gasteiger partial charge is 0.372 e. The number of anilines is 1. The number of nitrogens with zero attached hydrogens (tertiary/aromatic N) is 4. The Labute approximate surface area is 143 Å². The number of aromatic nitrogens is 2. The van der Waals surface area contributed by atoms with Gasteiger partial charge in [0.15, 0.2) is 5.82 Å². The van der Waals surface area contributed by atoms with Gasteiger partial charge in [0.05, 0.1) is 6.04 Å². The summed E-state index contributed by atoms with van der Waals surface area (Å²) in [6.07, 6.45) is 1.14. The van der Waals surface area contributed by atoms with E-state index >= 15 is 0 Å². The van der Waals surface area contributed by atoms with E-state index in [-0.39, 0.29) is 6.04 Å². The third-order valence-corrected chi connectivity index (χ3v) is 4.61. The predicted molar refractivity (Wildman–Crippen MR) is 96.2 cm³/mol. The van der Waals surface area contributed by atoms with E-state index in [1.165, 1.54) is 5.69 Å². The van der Waals surface area contributed by atoms with Gasteiger partial charge in [0.1, 0.15) is 0 Å². The zero-order chi connectivity index (χ0) is 16.9. The van der Waals surface area contributed by atoms with Crippen LogP contribution in [-0.2, 0) is 0 Å². The Morgan fingerprint density at radius 1 is 1.29 bits per heavy atom. The summed E-state index contributed by atoms with van der Waals surface area (Å²) in [5.41, 5.74) is 2.20. The lowest BCUT2D eigenvalue weighted by Crippen LogP contribution is -2.44. The molecule has 0 aliphatic carbocycles. The van der Waals surface area contributed by atoms with Crippen LogP contribution in [0.25, 0.3) is 11.5 Å². The summed E-state index contributed by atoms with van der Waals surface area (Å²) in [4.78, 5) is 9.24. The summed E-state index contributed by atoms with van der Waals surface area (Å²) < 4.78 is 5.50. The molecule has 2 heterocycles. The third-order valence-electron chi connectivity index (χ3n) is 4.61. The molecule has 0 saturated carbocycles. The van der Waals surface area contributed by atoms with Gasteiger partial charge in [-0.2, -0.15) is 4.98 Å². The molecule has 3 rings (SSSR count). The standard InChI is InChI=1S/C18H27N5O/c1-4-11-23(5-2)15-8-6-14(7-9-15)18-20-17(21-24-18)16-13-19-10-12-22(16)3/h6-9,16,19H,4-5,10-13H2,1-3H3. The predicted octanol–water partition coefficient (Wildman–Crippen LogP) is 2.55. The van der Waals surface area contributed by atoms with Gasteiger partial charge < -0.3 is 14.7 Å². The van der Waals surface area contributed by atoms with Gasteiger partial charge in [-0.25, -0.2) is 0 Å². The molecule has 1 aromatic carbocycles. The number of piperazine rings is 1. The van der Waals surface area contributed by atoms with Gasteiger partial charge in [0, 0.05) is 44.0 Å². The van der Waals surface area contributed by atoms with E-state index in [1.54, 1.807) is 0 Å². The van der Waals surface area contributed by atoms with Crippen molar-refractivity contribution in [2.24, 2.45) is 0 Å². The van der Waals surface area contributed by atoms with Crippen molar-refractivity contribution in [3.63, 3.8) is 0 Å². The van der Waals surface area contributed by atoms with Crippen molar-refractivity contribution < 1.29 is 4.52 Å². The first-order valence-corrected chi connectivity index (χ1v) is 8.82. The first-order chi connectivity index (χ1) is 11.7. The average molecular weight is 329 g/mol. The van der Waals surface area contributed by atoms with Gasteiger partial charge in [0.2, 0.25) is 0 Å². The van der Waals surface area contributed by atoms with Crippen LogP contribution in [0.15, 0.2) is 28.8 Å². The molecule has 0 bridgehead atoms. The molecule has 1 atom stereocenters. The monoisotopic (exact) mass is 329 g/mol. The second kappa shape index (κ2) is 7.77. The minimum Gasteiger partial charge on any atom is -0.372 e. The van der Waals surface area contributed by atoms with Crippen LogP contribution in [0.1, 0.15) is 32.1 Å². The fraction of sp³-hybridized carbons (Fsp3) is 0.556. The van der Waals surface area contributed by atoms with Crippen LogP contribution < -0.4 is 10.2 Å². The summed E-state index contributed by atoms with van der Waals surface area (Å²) in [5.74, 6) is 1.35. The van der Waals surface area contributed by atoms with E-state index in [4.69, 9.17) is 4.52 Å². The molecule has 1 aliphatic heterocycles. The summed E-state index contributed by atoms with van der Waals surface area (Å²) in [6.45, 7) is 9.33. The van der Waals surface area contributed by atoms with Crippen LogP contribution in [0.3, 0.4) is 0 Å². The molecule has 2 aromatic rings. The Morgan fingerprint density at radius 3 is 2.75 bits per heavy atom. The van der Waals surface area contributed by atoms with Crippen LogP contribution in [0.4, 0.5) is 5.69 Å². The summed E-state index contributed by atoms with van der Waals surface area (Å²) in [6, 6.07) is 8.57. The number of nitrogens with one attached hydrogen (secondary N) is 1. The Bertz CT molecular complexity index is 639. The average Bonchev–Trinajstić information content (AvgIpc) is 3.10. The van der Waals surface area contributed by atoms with E-state index < -0.39 is 0 Å². The van der Waals surface area contributed by atoms with E-state index in [2.05, 4.69) is 70.4 Å². The van der Waals surface area contributed by atoms with Gasteiger partial charge in [0.25, 0.3) is 5.89 Å². The fourth-order valence-corrected chi connectivity index (χ4v) is 3.14. The number of hydrogen-bond donors (Lipinski definition) is 1. The third kappa shape index (κ3) is 3.60. The molecule has 1 fully saturated rings. The van der Waals surface area contributed by atoms with Gasteiger partial charge in [-0.15, -0.1) is 0 Å². The number of likely N-dealkylation sites (N-methyl/N-ethyl adjacent to an activating group) is 1. The summed E-state index contributed by atoms with van der Waals surface area (Å²) in [7, 11) is 2.10. The molecule has 1 aliphatic rings. The van der Waals surface area contributed by atoms with Crippen molar-refractivity contribution in [3.8, 4) is 11.5 Å². The smallest absolute Gasteiger partial charge is 0.257 e. The van der Waals surface area contributed by atoms with Crippen LogP contribution in [0.5, 0.6) is 0 Å². The molecule has 130 valence electrons. The topological polar surface area (TPSA) is 57.4 Å². The highest BCUT2D eigenvalue weighted by Crippen LogP contribution is 2.25. The zero-order valence-electron chi connectivity index (χ0n) is 14.8. The lowest BCUT2D eigenvalue weighted by atomic mass is 10.1. The highest BCUT2D eigenvalue weighted by atomic mass is 16.5. The second-order valence-electron chi connectivity index (χ2n) is 6.28. The lowest BCUT2D eigenvalue weighted by Gasteiger charge is -2.30. The molecule has 24 heavy (non-hydrogen) atoms. The van der Waals surface area contributed by atoms with Gasteiger partial charge in [-0.1, -0.05) is 12.1 Å². The molecule has 1 aromatic heterocycles. The summed E-state index contributed by atoms with van der Waals surface area (Å²) in [5, 5.41) is 7.57. The molecule has 0 spiro atoms. The Morgan fingerprint density at radius 2 is 2.08 bits per heavy atom. The number of hydrogen-bond acceptors (Lipinski definition) is 6. The normalized spacial score (nSPS) is 18.7. The lowest BCUT2D eigenvalue weighted by molar-refractivity contribution is 0.190. The van der Waals surface area contributed by atoms with Crippen LogP contribution >= 0.6 is 0 Å². The fourth-order valence-electron chi connectivity index (χ4n) is 3.14. The molecule has 0 amide bonds. The van der Waals surface area contributed by atoms with Crippen LogP contribution in [-0.4, -0.2) is 54.8 Å². The zero-order valence-corrected chi connectivity index (χ0v) is 14.8. The van der Waals surface area contributed by atoms with E-state index in [1.807, 2.05) is 0 Å². The maximum Gasteiger partial charge on any atom is 0.257 e. The SMILES string of the molecule is CCCN(CC)c1ccc(-c2nc(C3CNCCN3C)no2)cc1. The number of rotatable bonds is 6. The molecule has 6 nitrogen and oxygen atoms in total. The second-order valence-corrected chi connectivity index (χ2v) is 6.28. The van der Waals surface area contributed by atoms with Crippen molar-refractivity contribution in [1.82, 2.24) is 20.4 Å². The molecule has 1 N–H and O–H groups in total. The van der Waals surface area contributed by atoms with Crippen molar-refractivity contribution in [3.05, 3.63) is 30.1 Å². The minimum absolute atomic E-state index is 0.177. The van der Waals surface area contributed by atoms with Crippen molar-refractivity contribution in [1.29, 1.82) is 0 Å². The van der Waals surface area contributed by atoms with Crippen molar-refractivity contribution in [2.45, 2.75) is 26.3 Å². The summed E-state index contributed by atoms with van der Waals surface area (Å²) >= 11 is 0. The van der Waals surface area contributed by atoms with E-state index in [0.717, 1.165) is 50.5 Å². The first kappa shape index (κ1) is 16.9. The molecule has 6 heteroatoms. The van der Waals surface area contributed by atoms with Gasteiger partial charge in [-0.05, 0) is 44.7 Å². The van der Waals surface area contributed by atoms with Crippen LogP contribution in [0, 0.1) is 0 Å². The maximum atomic E-state index is 5.50. The molecular formula is C18H27N5O. The molecule has 1 saturated heterocycles. The first-order valence-electron chi connectivity index (χ1n) is 8.82. The molecular weight excluding hydrogens is 302 g/mol. The van der Waals surface area contributed by atoms with Gasteiger partial charge in [-0.3, -0.25) is 4.90 Å². The van der Waals surface area contributed by atoms with Crippen molar-refractivity contribution >= 4 is 5.69 Å². The van der Waals surface area contributed by atoms with Gasteiger partial charge >= 0.3 is 0 Å². The molecule has 0 radical (unpaired) electrons. The Kier molecular flexibility index (Phi) is 5.48. The Balaban J connectivity index is 1.75. The highest BCUT2D eigenvalue weighted by molar-refractivity contribution is 5.59. The molecule has 1 unspecified atom stereocenters. The maximum absolute atomic E-state index is 5.50. The Hall–Kier alpha value is -1.92. The van der Waals surface area contributed by atoms with E-state index in [9.17, 15) is 0 Å².